The highest BCUT2D eigenvalue weighted by Gasteiger charge is 2.41. The Balaban J connectivity index is 1.58. The van der Waals surface area contributed by atoms with Gasteiger partial charge in [0.25, 0.3) is 0 Å². The number of aromatic nitrogens is 4. The van der Waals surface area contributed by atoms with Crippen molar-refractivity contribution in [1.29, 1.82) is 0 Å². The second-order valence-corrected chi connectivity index (χ2v) is 7.86. The highest BCUT2D eigenvalue weighted by Crippen LogP contribution is 2.32. The molecule has 1 aromatic carbocycles. The van der Waals surface area contributed by atoms with Gasteiger partial charge in [-0.25, -0.2) is 14.1 Å². The predicted molar refractivity (Wildman–Crippen MR) is 104 cm³/mol. The van der Waals surface area contributed by atoms with Crippen LogP contribution in [0.4, 0.5) is 10.3 Å². The molecule has 29 heavy (non-hydrogen) atoms. The van der Waals surface area contributed by atoms with E-state index in [4.69, 9.17) is 26.1 Å². The molecule has 0 saturated carbocycles. The number of nitrogens with zero attached hydrogens (tertiary/aromatic N) is 6. The molecular weight excluding hydrogens is 399 g/mol. The molecule has 10 heteroatoms. The molecule has 3 aliphatic heterocycles. The summed E-state index contributed by atoms with van der Waals surface area (Å²) in [7, 11) is 0. The molecule has 8 nitrogen and oxygen atoms in total. The smallest absolute Gasteiger partial charge is 0.229 e. The van der Waals surface area contributed by atoms with Gasteiger partial charge in [0, 0.05) is 32.2 Å². The van der Waals surface area contributed by atoms with Crippen molar-refractivity contribution >= 4 is 28.6 Å². The van der Waals surface area contributed by atoms with Gasteiger partial charge in [-0.1, -0.05) is 11.6 Å². The quantitative estimate of drug-likeness (QED) is 0.518. The molecule has 0 spiro atoms. The minimum atomic E-state index is -0.367. The third-order valence-electron chi connectivity index (χ3n) is 5.82. The SMILES string of the molecule is Fc1ccc2c(c1)OCCN1C[C@H]3OCCN(c4nc(Cl)c5cnn-2c5n4)[C@H]3C1. The minimum Gasteiger partial charge on any atom is -0.490 e. The lowest BCUT2D eigenvalue weighted by atomic mass is 10.1. The van der Waals surface area contributed by atoms with Gasteiger partial charge in [-0.3, -0.25) is 4.90 Å². The van der Waals surface area contributed by atoms with Crippen LogP contribution in [0, 0.1) is 5.82 Å². The molecule has 3 aliphatic rings. The molecule has 0 aliphatic carbocycles. The van der Waals surface area contributed by atoms with E-state index in [0.717, 1.165) is 13.1 Å². The van der Waals surface area contributed by atoms with E-state index in [1.807, 2.05) is 0 Å². The maximum absolute atomic E-state index is 13.9. The summed E-state index contributed by atoms with van der Waals surface area (Å²) in [5, 5.41) is 5.42. The summed E-state index contributed by atoms with van der Waals surface area (Å²) in [6, 6.07) is 4.55. The number of ether oxygens (including phenoxy) is 2. The second kappa shape index (κ2) is 6.51. The number of fused-ring (bicyclic) bond motifs is 5. The van der Waals surface area contributed by atoms with E-state index in [1.165, 1.54) is 12.1 Å². The number of halogens is 2. The summed E-state index contributed by atoms with van der Waals surface area (Å²) in [5.74, 6) is 0.611. The number of anilines is 1. The molecule has 4 bridgehead atoms. The summed E-state index contributed by atoms with van der Waals surface area (Å²) in [6.07, 6.45) is 1.71. The van der Waals surface area contributed by atoms with E-state index in [0.29, 0.717) is 59.9 Å². The number of benzene rings is 1. The molecule has 3 atom stereocenters. The first-order valence-electron chi connectivity index (χ1n) is 9.62. The van der Waals surface area contributed by atoms with Crippen molar-refractivity contribution in [2.45, 2.75) is 12.1 Å². The lowest BCUT2D eigenvalue weighted by molar-refractivity contribution is 0.0299. The highest BCUT2D eigenvalue weighted by atomic mass is 35.5. The zero-order valence-electron chi connectivity index (χ0n) is 15.5. The van der Waals surface area contributed by atoms with E-state index in [1.54, 1.807) is 16.9 Å². The average molecular weight is 417 g/mol. The Morgan fingerprint density at radius 3 is 3.00 bits per heavy atom. The maximum Gasteiger partial charge on any atom is 0.229 e. The van der Waals surface area contributed by atoms with Gasteiger partial charge in [0.05, 0.1) is 30.3 Å². The number of hydrogen-bond donors (Lipinski definition) is 0. The summed E-state index contributed by atoms with van der Waals surface area (Å²) in [5.41, 5.74) is 1.18. The molecule has 0 N–H and O–H groups in total. The zero-order valence-corrected chi connectivity index (χ0v) is 16.2. The topological polar surface area (TPSA) is 68.5 Å². The Bertz CT molecular complexity index is 1110. The van der Waals surface area contributed by atoms with E-state index >= 15 is 0 Å². The molecule has 5 heterocycles. The van der Waals surface area contributed by atoms with Gasteiger partial charge in [0.2, 0.25) is 5.95 Å². The first-order valence-corrected chi connectivity index (χ1v) is 10.00. The monoisotopic (exact) mass is 416 g/mol. The number of hydrogen-bond acceptors (Lipinski definition) is 7. The Kier molecular flexibility index (Phi) is 3.90. The second-order valence-electron chi connectivity index (χ2n) is 7.50. The van der Waals surface area contributed by atoms with Crippen LogP contribution in [0.3, 0.4) is 0 Å². The van der Waals surface area contributed by atoms with E-state index in [-0.39, 0.29) is 18.0 Å². The lowest BCUT2D eigenvalue weighted by Crippen LogP contribution is -2.51. The number of rotatable bonds is 0. The van der Waals surface area contributed by atoms with E-state index in [9.17, 15) is 4.39 Å². The third-order valence-corrected chi connectivity index (χ3v) is 6.11. The van der Waals surface area contributed by atoms with Gasteiger partial charge in [0.15, 0.2) is 5.65 Å². The van der Waals surface area contributed by atoms with Gasteiger partial charge < -0.3 is 14.4 Å². The Morgan fingerprint density at radius 2 is 2.07 bits per heavy atom. The van der Waals surface area contributed by atoms with Gasteiger partial charge in [-0.15, -0.1) is 0 Å². The van der Waals surface area contributed by atoms with Crippen LogP contribution in [-0.2, 0) is 4.74 Å². The first kappa shape index (κ1) is 17.4. The predicted octanol–water partition coefficient (Wildman–Crippen LogP) is 1.89. The molecular formula is C19H18ClFN6O2. The van der Waals surface area contributed by atoms with Crippen LogP contribution in [0.5, 0.6) is 5.75 Å². The van der Waals surface area contributed by atoms with Crippen LogP contribution in [0.25, 0.3) is 16.7 Å². The normalized spacial score (nSPS) is 25.9. The van der Waals surface area contributed by atoms with Crippen molar-refractivity contribution in [1.82, 2.24) is 24.6 Å². The van der Waals surface area contributed by atoms with Crippen molar-refractivity contribution in [3.8, 4) is 11.4 Å². The fourth-order valence-electron chi connectivity index (χ4n) is 4.43. The third kappa shape index (κ3) is 2.76. The van der Waals surface area contributed by atoms with Crippen LogP contribution in [0.2, 0.25) is 5.15 Å². The Labute approximate surface area is 170 Å². The number of morpholine rings is 1. The zero-order chi connectivity index (χ0) is 19.5. The molecule has 0 radical (unpaired) electrons. The molecule has 2 fully saturated rings. The summed E-state index contributed by atoms with van der Waals surface area (Å²) in [4.78, 5) is 13.8. The van der Waals surface area contributed by atoms with Crippen molar-refractivity contribution in [3.05, 3.63) is 35.4 Å². The van der Waals surface area contributed by atoms with Gasteiger partial charge >= 0.3 is 0 Å². The molecule has 150 valence electrons. The lowest BCUT2D eigenvalue weighted by Gasteiger charge is -2.36. The minimum absolute atomic E-state index is 0.0828. The average Bonchev–Trinajstić information content (AvgIpc) is 3.31. The molecule has 6 rings (SSSR count). The van der Waals surface area contributed by atoms with Gasteiger partial charge in [0.1, 0.15) is 29.0 Å². The van der Waals surface area contributed by atoms with E-state index in [2.05, 4.69) is 19.9 Å². The first-order chi connectivity index (χ1) is 14.2. The van der Waals surface area contributed by atoms with Gasteiger partial charge in [-0.2, -0.15) is 10.1 Å². The van der Waals surface area contributed by atoms with Crippen molar-refractivity contribution in [2.24, 2.45) is 0 Å². The largest absolute Gasteiger partial charge is 0.490 e. The highest BCUT2D eigenvalue weighted by molar-refractivity contribution is 6.34. The molecule has 2 aromatic heterocycles. The summed E-state index contributed by atoms with van der Waals surface area (Å²) >= 11 is 6.50. The van der Waals surface area contributed by atoms with Crippen LogP contribution in [-0.4, -0.2) is 76.2 Å². The standard InChI is InChI=1S/C19H18ClFN6O2/c20-17-12-8-22-27-13-2-1-11(21)7-15(13)28-5-3-25-9-14-16(10-25)29-6-4-26(14)19(23-17)24-18(12)27/h1-2,7-8,14,16H,3-6,9-10H2/t14-,16+/m0/s1. The van der Waals surface area contributed by atoms with Gasteiger partial charge in [-0.05, 0) is 12.1 Å². The Morgan fingerprint density at radius 1 is 1.14 bits per heavy atom. The van der Waals surface area contributed by atoms with Crippen LogP contribution in [0.15, 0.2) is 24.4 Å². The summed E-state index contributed by atoms with van der Waals surface area (Å²) in [6.45, 7) is 4.10. The van der Waals surface area contributed by atoms with Crippen molar-refractivity contribution in [2.75, 3.05) is 44.3 Å². The molecule has 3 aromatic rings. The van der Waals surface area contributed by atoms with Crippen LogP contribution in [0.1, 0.15) is 0 Å². The molecule has 2 saturated heterocycles. The molecule has 0 amide bonds. The van der Waals surface area contributed by atoms with Crippen LogP contribution >= 0.6 is 11.6 Å². The van der Waals surface area contributed by atoms with Crippen LogP contribution < -0.4 is 9.64 Å². The fourth-order valence-corrected chi connectivity index (χ4v) is 4.63. The maximum atomic E-state index is 13.9. The fraction of sp³-hybridized carbons (Fsp3) is 0.421. The van der Waals surface area contributed by atoms with Crippen molar-refractivity contribution < 1.29 is 13.9 Å². The van der Waals surface area contributed by atoms with E-state index < -0.39 is 0 Å². The van der Waals surface area contributed by atoms with Crippen molar-refractivity contribution in [3.63, 3.8) is 0 Å². The Hall–Kier alpha value is -2.49. The molecule has 1 unspecified atom stereocenters. The summed E-state index contributed by atoms with van der Waals surface area (Å²) < 4.78 is 27.5.